The van der Waals surface area contributed by atoms with Crippen molar-refractivity contribution in [2.24, 2.45) is 21.5 Å². The number of guanidine groups is 2. The average molecular weight is 1380 g/mol. The Labute approximate surface area is 558 Å². The van der Waals surface area contributed by atoms with Crippen LogP contribution in [0, 0.1) is 23.3 Å². The van der Waals surface area contributed by atoms with Gasteiger partial charge in [-0.05, 0) is 61.4 Å². The Morgan fingerprint density at radius 3 is 1.52 bits per heavy atom. The van der Waals surface area contributed by atoms with Crippen LogP contribution in [0.1, 0.15) is 60.3 Å². The van der Waals surface area contributed by atoms with E-state index in [0.717, 1.165) is 63.6 Å². The number of aliphatic imine (C=N–C) groups is 2. The van der Waals surface area contributed by atoms with E-state index in [1.165, 1.54) is 59.5 Å². The molecule has 0 saturated carbocycles. The van der Waals surface area contributed by atoms with Gasteiger partial charge in [0.2, 0.25) is 37.8 Å². The number of ether oxygens (including phenoxy) is 1. The topological polar surface area (TPSA) is 334 Å². The predicted octanol–water partition coefficient (Wildman–Crippen LogP) is -2.00. The van der Waals surface area contributed by atoms with Crippen molar-refractivity contribution in [1.29, 1.82) is 0 Å². The van der Waals surface area contributed by atoms with Crippen molar-refractivity contribution in [2.45, 2.75) is 38.1 Å². The van der Waals surface area contributed by atoms with Gasteiger partial charge >= 0.3 is 138 Å². The first-order valence-corrected chi connectivity index (χ1v) is 24.2. The molecule has 6 heterocycles. The fourth-order valence-electron chi connectivity index (χ4n) is 6.51. The van der Waals surface area contributed by atoms with Gasteiger partial charge in [-0.2, -0.15) is 0 Å². The molecule has 5 N–H and O–H groups in total. The van der Waals surface area contributed by atoms with Gasteiger partial charge in [-0.1, -0.05) is 11.6 Å². The van der Waals surface area contributed by atoms with E-state index in [1.54, 1.807) is 0 Å². The number of oxazole rings is 2. The molecule has 402 valence electrons. The number of sulfonamides is 2. The van der Waals surface area contributed by atoms with Crippen molar-refractivity contribution in [1.82, 2.24) is 38.5 Å². The minimum Gasteiger partial charge on any atom is -1.00 e. The Hall–Kier alpha value is -3.90. The fourth-order valence-corrected chi connectivity index (χ4v) is 9.51. The van der Waals surface area contributed by atoms with E-state index in [1.807, 2.05) is 0 Å². The Morgan fingerprint density at radius 1 is 0.753 bits per heavy atom. The SMILES string of the molecule is CN1C(N)=N[C@](C)(c2cc(/C=C(\F)c3cnc(Cl)cn3)cc(F)c2F)CS1(=O)=O.CN1C(N)=N[C@](C)(c2cc(/C=C(\F)c3cnc(OCc4cocn4)cn3)cc(F)c2F)CS1(=O)=O.O=CO[O-].OCc1cocn1.[Cs+].[Cs+].[H-]. The Bertz CT molecular complexity index is 3350. The maximum atomic E-state index is 14.8. The number of rotatable bonds is 11. The first kappa shape index (κ1) is 67.4. The number of nitrogens with two attached hydrogens (primary N) is 2. The van der Waals surface area contributed by atoms with E-state index >= 15 is 0 Å². The third-order valence-corrected chi connectivity index (χ3v) is 14.3. The molecule has 0 amide bonds. The van der Waals surface area contributed by atoms with Crippen LogP contribution in [0.3, 0.4) is 0 Å². The van der Waals surface area contributed by atoms with Crippen molar-refractivity contribution in [3.63, 3.8) is 0 Å². The maximum absolute atomic E-state index is 14.8. The van der Waals surface area contributed by atoms with Gasteiger partial charge in [-0.3, -0.25) is 4.79 Å². The summed E-state index contributed by atoms with van der Waals surface area (Å²) in [6, 6.07) is 3.75. The summed E-state index contributed by atoms with van der Waals surface area (Å²) in [5.74, 6) is -8.96. The summed E-state index contributed by atoms with van der Waals surface area (Å²) < 4.78 is 153. The summed E-state index contributed by atoms with van der Waals surface area (Å²) in [4.78, 5) is 42.1. The number of aliphatic hydroxyl groups is 1. The number of carbonyl (C=O) groups excluding carboxylic acids is 1. The van der Waals surface area contributed by atoms with Crippen LogP contribution in [0.4, 0.5) is 26.3 Å². The van der Waals surface area contributed by atoms with Gasteiger partial charge in [0.05, 0.1) is 42.9 Å². The van der Waals surface area contributed by atoms with Gasteiger partial charge in [0.25, 0.3) is 6.47 Å². The molecule has 77 heavy (non-hydrogen) atoms. The second-order valence-corrected chi connectivity index (χ2v) is 20.1. The van der Waals surface area contributed by atoms with Crippen LogP contribution in [0.5, 0.6) is 5.88 Å². The van der Waals surface area contributed by atoms with Crippen LogP contribution < -0.4 is 159 Å². The number of aromatic nitrogens is 6. The zero-order chi connectivity index (χ0) is 55.5. The normalized spacial score (nSPS) is 18.4. The number of halogens is 7. The van der Waals surface area contributed by atoms with Crippen LogP contribution in [-0.4, -0.2) is 104 Å². The molecule has 8 rings (SSSR count). The largest absolute Gasteiger partial charge is 1.00 e. The zero-order valence-electron chi connectivity index (χ0n) is 42.1. The average Bonchev–Trinajstić information content (AvgIpc) is 4.10. The van der Waals surface area contributed by atoms with E-state index in [2.05, 4.69) is 49.2 Å². The summed E-state index contributed by atoms with van der Waals surface area (Å²) in [7, 11) is -5.45. The quantitative estimate of drug-likeness (QED) is 0.0546. The summed E-state index contributed by atoms with van der Waals surface area (Å²) in [5, 5.41) is 16.8. The number of aliphatic hydroxyl groups excluding tert-OH is 1. The van der Waals surface area contributed by atoms with Crippen LogP contribution in [-0.2, 0) is 54.0 Å². The van der Waals surface area contributed by atoms with E-state index < -0.39 is 77.6 Å². The van der Waals surface area contributed by atoms with E-state index in [4.69, 9.17) is 47.4 Å². The summed E-state index contributed by atoms with van der Waals surface area (Å²) >= 11 is 5.60. The summed E-state index contributed by atoms with van der Waals surface area (Å²) in [6.45, 7) is 2.44. The molecule has 0 fully saturated rings. The van der Waals surface area contributed by atoms with Gasteiger partial charge in [-0.15, -0.1) is 0 Å². The summed E-state index contributed by atoms with van der Waals surface area (Å²) in [5.41, 5.74) is 7.69. The minimum atomic E-state index is -3.94. The Balaban J connectivity index is 0.000000436. The van der Waals surface area contributed by atoms with Crippen molar-refractivity contribution >= 4 is 73.8 Å². The van der Waals surface area contributed by atoms with Crippen LogP contribution in [0.15, 0.2) is 93.2 Å². The van der Waals surface area contributed by atoms with Crippen LogP contribution >= 0.6 is 11.6 Å². The molecular weight excluding hydrogens is 1340 g/mol. The number of carbonyl (C=O) groups is 1. The van der Waals surface area contributed by atoms with Gasteiger partial charge in [-0.25, -0.2) is 91.7 Å². The molecule has 0 unspecified atom stereocenters. The van der Waals surface area contributed by atoms with E-state index in [0.29, 0.717) is 11.4 Å². The number of hydrogen-bond acceptors (Lipinski definition) is 21. The summed E-state index contributed by atoms with van der Waals surface area (Å²) in [6.07, 6.45) is 11.6. The predicted molar refractivity (Wildman–Crippen MR) is 252 cm³/mol. The third-order valence-electron chi connectivity index (χ3n) is 10.3. The number of nitrogens with zero attached hydrogens (tertiary/aromatic N) is 10. The van der Waals surface area contributed by atoms with Crippen molar-refractivity contribution < 1.29 is 216 Å². The van der Waals surface area contributed by atoms with Crippen molar-refractivity contribution in [2.75, 3.05) is 25.6 Å². The van der Waals surface area contributed by atoms with Gasteiger partial charge in [0, 0.05) is 25.2 Å². The van der Waals surface area contributed by atoms with Crippen molar-refractivity contribution in [3.8, 4) is 5.88 Å². The minimum absolute atomic E-state index is 0. The standard InChI is InChI=1S/C21H19F3N6O4S.C17H15ClF3N5O2S.C4H5NO2.CH2O3.2Cs.H/c1-21(10-35(31,32)30(2)20(25)29-21)14-3-12(5-16(23)19(14)24)4-15(22)17-6-27-18(7-26-17)34-9-13-8-33-11-28-13;1-17(8-29(27,28)26(2)16(22)25-17)10-3-9(5-12(20)15(10)21)4-11(19)13-6-24-14(18)7-23-13;6-1-4-2-7-3-5-4;2-1-4-3;;;/h3-8,11H,9-10H2,1-2H3,(H2,25,29);3-7H,8H2,1-2H3,(H2,22,25);2-3,6H,1H2;1,3H;;;/q;;;;2*+1;-1/p-1/b15-4-;11-4-;;;;;/t21-;17-;;;;;/m00...../s1. The zero-order valence-corrected chi connectivity index (χ0v) is 56.1. The molecular formula is C43H41ClCs2F6N12O11S2. The molecule has 2 aliphatic heterocycles. The second kappa shape index (κ2) is 29.5. The van der Waals surface area contributed by atoms with Crippen molar-refractivity contribution in [3.05, 3.63) is 148 Å². The van der Waals surface area contributed by atoms with Gasteiger partial charge in [0.1, 0.15) is 58.1 Å². The maximum Gasteiger partial charge on any atom is 1.00 e. The molecule has 0 saturated heterocycles. The molecule has 0 aliphatic carbocycles. The van der Waals surface area contributed by atoms with Gasteiger partial charge in [0.15, 0.2) is 47.7 Å². The van der Waals surface area contributed by atoms with E-state index in [-0.39, 0.29) is 215 Å². The Kier molecular flexibility index (Phi) is 25.8. The first-order valence-electron chi connectivity index (χ1n) is 20.6. The molecule has 2 atom stereocenters. The number of hydrogen-bond donors (Lipinski definition) is 3. The molecule has 4 aromatic heterocycles. The van der Waals surface area contributed by atoms with Gasteiger partial charge < -0.3 is 41.7 Å². The molecule has 6 aromatic rings. The molecule has 23 nitrogen and oxygen atoms in total. The molecule has 2 aliphatic rings. The second-order valence-electron chi connectivity index (χ2n) is 15.7. The monoisotopic (exact) mass is 1380 g/mol. The van der Waals surface area contributed by atoms with Crippen LogP contribution in [0.25, 0.3) is 23.8 Å². The fraction of sp³-hybridized carbons (Fsp3) is 0.233. The first-order chi connectivity index (χ1) is 35.3. The molecule has 34 heteroatoms. The number of benzene rings is 2. The van der Waals surface area contributed by atoms with Crippen LogP contribution in [0.2, 0.25) is 5.15 Å². The Morgan fingerprint density at radius 2 is 1.18 bits per heavy atom. The smallest absolute Gasteiger partial charge is 1.00 e. The van der Waals surface area contributed by atoms with E-state index in [9.17, 15) is 43.2 Å². The molecule has 2 aromatic carbocycles. The molecule has 0 radical (unpaired) electrons. The third kappa shape index (κ3) is 18.1. The molecule has 0 spiro atoms. The molecule has 0 bridgehead atoms.